The number of rotatable bonds is 5. The van der Waals surface area contributed by atoms with Gasteiger partial charge in [-0.3, -0.25) is 4.79 Å². The van der Waals surface area contributed by atoms with Crippen molar-refractivity contribution < 1.29 is 17.9 Å². The van der Waals surface area contributed by atoms with E-state index in [4.69, 9.17) is 21.3 Å². The summed E-state index contributed by atoms with van der Waals surface area (Å²) in [4.78, 5) is 15.1. The van der Waals surface area contributed by atoms with E-state index in [0.717, 1.165) is 5.56 Å². The molecule has 0 aromatic heterocycles. The molecular weight excluding hydrogens is 392 g/mol. The van der Waals surface area contributed by atoms with E-state index in [1.807, 2.05) is 0 Å². The van der Waals surface area contributed by atoms with E-state index in [1.165, 1.54) is 24.3 Å². The smallest absolute Gasteiger partial charge is 0.275 e. The fourth-order valence-electron chi connectivity index (χ4n) is 1.98. The summed E-state index contributed by atoms with van der Waals surface area (Å²) in [6.45, 7) is 1.60. The van der Waals surface area contributed by atoms with Crippen LogP contribution in [0.25, 0.3) is 6.08 Å². The van der Waals surface area contributed by atoms with Gasteiger partial charge >= 0.3 is 0 Å². The lowest BCUT2D eigenvalue weighted by molar-refractivity contribution is -0.114. The van der Waals surface area contributed by atoms with Crippen LogP contribution in [0.1, 0.15) is 12.5 Å². The van der Waals surface area contributed by atoms with Gasteiger partial charge in [-0.2, -0.15) is 4.99 Å². The maximum Gasteiger partial charge on any atom is 0.275 e. The van der Waals surface area contributed by atoms with Gasteiger partial charge in [-0.05, 0) is 55.0 Å². The normalized spacial score (nSPS) is 11.3. The third kappa shape index (κ3) is 6.74. The predicted octanol–water partition coefficient (Wildman–Crippen LogP) is 1.75. The van der Waals surface area contributed by atoms with E-state index in [9.17, 15) is 13.2 Å². The van der Waals surface area contributed by atoms with Gasteiger partial charge in [-0.1, -0.05) is 12.1 Å². The number of amides is 1. The number of carbonyl (C=O) groups is 1. The molecule has 0 saturated heterocycles. The molecule has 0 heterocycles. The average molecular weight is 411 g/mol. The Morgan fingerprint density at radius 2 is 1.48 bits per heavy atom. The minimum Gasteiger partial charge on any atom is -0.457 e. The molecule has 0 unspecified atom stereocenters. The van der Waals surface area contributed by atoms with Crippen LogP contribution in [-0.2, 0) is 14.8 Å². The first kappa shape index (κ1) is 22.2. The molecule has 0 aliphatic carbocycles. The lowest BCUT2D eigenvalue weighted by atomic mass is 10.1. The van der Waals surface area contributed by atoms with Crippen LogP contribution in [0.5, 0.6) is 11.5 Å². The van der Waals surface area contributed by atoms with Gasteiger partial charge in [-0.25, -0.2) is 13.6 Å². The molecule has 0 atom stereocenters. The SMILES string of the molecule is C/C(=C\c1ccc(Oc2ccc(S(N)(=O)=O)cc2)cc1)C(=O)N=C(N)N.Cl. The summed E-state index contributed by atoms with van der Waals surface area (Å²) < 4.78 is 28.1. The van der Waals surface area contributed by atoms with Crippen LogP contribution in [0, 0.1) is 0 Å². The zero-order chi connectivity index (χ0) is 19.3. The average Bonchev–Trinajstić information content (AvgIpc) is 2.55. The molecule has 0 bridgehead atoms. The topological polar surface area (TPSA) is 151 Å². The van der Waals surface area contributed by atoms with Gasteiger partial charge in [0.2, 0.25) is 10.0 Å². The van der Waals surface area contributed by atoms with Crippen LogP contribution in [0.4, 0.5) is 0 Å². The molecule has 10 heteroatoms. The van der Waals surface area contributed by atoms with Crippen molar-refractivity contribution in [1.82, 2.24) is 0 Å². The minimum absolute atomic E-state index is 0. The third-order valence-electron chi connectivity index (χ3n) is 3.22. The fourth-order valence-corrected chi connectivity index (χ4v) is 2.50. The summed E-state index contributed by atoms with van der Waals surface area (Å²) in [5.41, 5.74) is 11.5. The van der Waals surface area contributed by atoms with Crippen molar-refractivity contribution in [3.8, 4) is 11.5 Å². The molecule has 2 aromatic rings. The van der Waals surface area contributed by atoms with Crippen LogP contribution >= 0.6 is 12.4 Å². The van der Waals surface area contributed by atoms with E-state index in [2.05, 4.69) is 4.99 Å². The Bertz CT molecular complexity index is 965. The second-order valence-corrected chi connectivity index (χ2v) is 6.92. The Balaban J connectivity index is 0.00000364. The van der Waals surface area contributed by atoms with Gasteiger partial charge in [0.25, 0.3) is 5.91 Å². The van der Waals surface area contributed by atoms with Crippen LogP contribution in [0.3, 0.4) is 0 Å². The summed E-state index contributed by atoms with van der Waals surface area (Å²) in [5, 5.41) is 5.04. The number of ether oxygens (including phenoxy) is 1. The lowest BCUT2D eigenvalue weighted by Gasteiger charge is -2.07. The fraction of sp³-hybridized carbons (Fsp3) is 0.0588. The second-order valence-electron chi connectivity index (χ2n) is 5.36. The molecule has 8 nitrogen and oxygen atoms in total. The van der Waals surface area contributed by atoms with E-state index in [-0.39, 0.29) is 23.3 Å². The molecule has 0 spiro atoms. The number of hydrogen-bond acceptors (Lipinski definition) is 4. The predicted molar refractivity (Wildman–Crippen MR) is 106 cm³/mol. The number of aliphatic imine (C=N–C) groups is 1. The number of hydrogen-bond donors (Lipinski definition) is 3. The maximum atomic E-state index is 11.7. The first-order valence-electron chi connectivity index (χ1n) is 7.38. The highest BCUT2D eigenvalue weighted by Crippen LogP contribution is 2.23. The second kappa shape index (κ2) is 9.17. The summed E-state index contributed by atoms with van der Waals surface area (Å²) in [7, 11) is -3.74. The maximum absolute atomic E-state index is 11.7. The van der Waals surface area contributed by atoms with Gasteiger partial charge in [0.1, 0.15) is 11.5 Å². The van der Waals surface area contributed by atoms with E-state index in [0.29, 0.717) is 17.1 Å². The number of nitrogens with zero attached hydrogens (tertiary/aromatic N) is 1. The summed E-state index contributed by atoms with van der Waals surface area (Å²) >= 11 is 0. The number of guanidine groups is 1. The van der Waals surface area contributed by atoms with Crippen molar-refractivity contribution in [2.24, 2.45) is 21.6 Å². The number of nitrogens with two attached hydrogens (primary N) is 3. The Labute approximate surface area is 163 Å². The number of primary sulfonamides is 1. The molecule has 2 aromatic carbocycles. The van der Waals surface area contributed by atoms with Crippen molar-refractivity contribution in [2.75, 3.05) is 0 Å². The van der Waals surface area contributed by atoms with Gasteiger partial charge in [0.05, 0.1) is 4.90 Å². The van der Waals surface area contributed by atoms with E-state index >= 15 is 0 Å². The molecule has 144 valence electrons. The summed E-state index contributed by atoms with van der Waals surface area (Å²) in [6.07, 6.45) is 1.64. The third-order valence-corrected chi connectivity index (χ3v) is 4.15. The first-order valence-corrected chi connectivity index (χ1v) is 8.93. The highest BCUT2D eigenvalue weighted by Gasteiger charge is 2.07. The van der Waals surface area contributed by atoms with Gasteiger partial charge in [0.15, 0.2) is 5.96 Å². The van der Waals surface area contributed by atoms with Crippen molar-refractivity contribution in [3.63, 3.8) is 0 Å². The Hall–Kier alpha value is -2.88. The highest BCUT2D eigenvalue weighted by molar-refractivity contribution is 7.89. The standard InChI is InChI=1S/C17H18N4O4S.ClH/c1-11(16(22)21-17(18)19)10-12-2-4-13(5-3-12)25-14-6-8-15(9-7-14)26(20,23)24;/h2-10H,1H3,(H2,20,23,24)(H4,18,19,21,22);1H/b11-10+;. The molecule has 2 rings (SSSR count). The minimum atomic E-state index is -3.74. The molecular formula is C17H19ClN4O4S. The molecule has 0 fully saturated rings. The van der Waals surface area contributed by atoms with Crippen LogP contribution in [-0.4, -0.2) is 20.3 Å². The molecule has 6 N–H and O–H groups in total. The lowest BCUT2D eigenvalue weighted by Crippen LogP contribution is -2.24. The van der Waals surface area contributed by atoms with Crippen molar-refractivity contribution in [2.45, 2.75) is 11.8 Å². The number of carbonyl (C=O) groups excluding carboxylic acids is 1. The monoisotopic (exact) mass is 410 g/mol. The molecule has 0 aliphatic heterocycles. The quantitative estimate of drug-likeness (QED) is 0.388. The summed E-state index contributed by atoms with van der Waals surface area (Å²) in [5.74, 6) is 0.193. The van der Waals surface area contributed by atoms with Crippen molar-refractivity contribution >= 4 is 40.4 Å². The Morgan fingerprint density at radius 3 is 1.93 bits per heavy atom. The Morgan fingerprint density at radius 1 is 1.00 bits per heavy atom. The largest absolute Gasteiger partial charge is 0.457 e. The molecule has 0 radical (unpaired) electrons. The van der Waals surface area contributed by atoms with E-state index < -0.39 is 15.9 Å². The Kier molecular flexibility index (Phi) is 7.53. The molecule has 27 heavy (non-hydrogen) atoms. The van der Waals surface area contributed by atoms with E-state index in [1.54, 1.807) is 37.3 Å². The van der Waals surface area contributed by atoms with Gasteiger partial charge in [0, 0.05) is 5.57 Å². The van der Waals surface area contributed by atoms with Crippen molar-refractivity contribution in [3.05, 3.63) is 59.7 Å². The zero-order valence-electron chi connectivity index (χ0n) is 14.3. The van der Waals surface area contributed by atoms with Crippen LogP contribution in [0.15, 0.2) is 64.0 Å². The highest BCUT2D eigenvalue weighted by atomic mass is 35.5. The molecule has 1 amide bonds. The first-order chi connectivity index (χ1) is 12.1. The summed E-state index contributed by atoms with van der Waals surface area (Å²) in [6, 6.07) is 12.6. The van der Waals surface area contributed by atoms with Crippen LogP contribution < -0.4 is 21.3 Å². The van der Waals surface area contributed by atoms with Gasteiger partial charge < -0.3 is 16.2 Å². The van der Waals surface area contributed by atoms with Crippen molar-refractivity contribution in [1.29, 1.82) is 0 Å². The van der Waals surface area contributed by atoms with Crippen LogP contribution in [0.2, 0.25) is 0 Å². The van der Waals surface area contributed by atoms with Gasteiger partial charge in [-0.15, -0.1) is 12.4 Å². The molecule has 0 aliphatic rings. The number of benzene rings is 2. The molecule has 0 saturated carbocycles. The number of sulfonamides is 1. The zero-order valence-corrected chi connectivity index (χ0v) is 16.0. The number of halogens is 1.